The summed E-state index contributed by atoms with van der Waals surface area (Å²) in [6.07, 6.45) is -1.30. The number of nitrogens with zero attached hydrogens (tertiary/aromatic N) is 4. The monoisotopic (exact) mass is 337 g/mol. The first-order chi connectivity index (χ1) is 11.5. The van der Waals surface area contributed by atoms with Gasteiger partial charge in [0, 0.05) is 6.42 Å². The van der Waals surface area contributed by atoms with Gasteiger partial charge < -0.3 is 30.2 Å². The maximum atomic E-state index is 10.2. The smallest absolute Gasteiger partial charge is 0.320 e. The average molecular weight is 337 g/mol. The van der Waals surface area contributed by atoms with Crippen molar-refractivity contribution in [2.45, 2.75) is 44.0 Å². The second-order valence-corrected chi connectivity index (χ2v) is 6.03. The maximum Gasteiger partial charge on any atom is 0.320 e. The zero-order valence-electron chi connectivity index (χ0n) is 13.1. The molecule has 4 N–H and O–H groups in total. The third kappa shape index (κ3) is 2.47. The van der Waals surface area contributed by atoms with Gasteiger partial charge in [0.05, 0.1) is 25.6 Å². The third-order valence-corrected chi connectivity index (χ3v) is 4.34. The Bertz CT molecular complexity index is 746. The molecule has 2 aromatic heterocycles. The molecule has 0 aliphatic carbocycles. The zero-order chi connectivity index (χ0) is 16.8. The van der Waals surface area contributed by atoms with E-state index in [-0.39, 0.29) is 17.9 Å². The van der Waals surface area contributed by atoms with Gasteiger partial charge in [-0.25, -0.2) is 4.98 Å². The second-order valence-electron chi connectivity index (χ2n) is 6.03. The molecule has 0 bridgehead atoms. The van der Waals surface area contributed by atoms with Crippen LogP contribution in [0.5, 0.6) is 6.01 Å². The lowest BCUT2D eigenvalue weighted by Gasteiger charge is -2.17. The highest BCUT2D eigenvalue weighted by Crippen LogP contribution is 2.32. The number of hydrogen-bond acceptors (Lipinski definition) is 9. The average Bonchev–Trinajstić information content (AvgIpc) is 3.25. The van der Waals surface area contributed by atoms with Crippen LogP contribution in [0.4, 0.5) is 5.82 Å². The Labute approximate surface area is 137 Å². The number of aliphatic hydroxyl groups is 2. The van der Waals surface area contributed by atoms with Gasteiger partial charge in [-0.2, -0.15) is 9.97 Å². The van der Waals surface area contributed by atoms with Crippen LogP contribution in [-0.2, 0) is 9.47 Å². The van der Waals surface area contributed by atoms with E-state index in [4.69, 9.17) is 19.9 Å². The number of hydrogen-bond donors (Lipinski definition) is 3. The number of aromatic nitrogens is 4. The SMILES string of the molecule is C[C@H]1O[C@@H](n2cnc3c(N)nc(OC4CCOC4)nc32)[C@H](O)[C@@H]1O. The van der Waals surface area contributed by atoms with Gasteiger partial charge in [0.1, 0.15) is 18.3 Å². The minimum atomic E-state index is -1.10. The van der Waals surface area contributed by atoms with E-state index in [0.29, 0.717) is 24.4 Å². The molecule has 4 heterocycles. The van der Waals surface area contributed by atoms with E-state index >= 15 is 0 Å². The first-order valence-corrected chi connectivity index (χ1v) is 7.80. The van der Waals surface area contributed by atoms with Crippen molar-refractivity contribution in [3.05, 3.63) is 6.33 Å². The molecule has 10 heteroatoms. The lowest BCUT2D eigenvalue weighted by Crippen LogP contribution is -2.30. The largest absolute Gasteiger partial charge is 0.457 e. The number of fused-ring (bicyclic) bond motifs is 1. The van der Waals surface area contributed by atoms with Gasteiger partial charge in [0.25, 0.3) is 0 Å². The van der Waals surface area contributed by atoms with E-state index < -0.39 is 24.5 Å². The van der Waals surface area contributed by atoms with Gasteiger partial charge in [-0.05, 0) is 6.92 Å². The fourth-order valence-corrected chi connectivity index (χ4v) is 2.97. The molecule has 2 aromatic rings. The molecule has 5 atom stereocenters. The van der Waals surface area contributed by atoms with Crippen LogP contribution in [0.1, 0.15) is 19.6 Å². The number of nitrogens with two attached hydrogens (primary N) is 1. The molecule has 1 unspecified atom stereocenters. The molecule has 0 spiro atoms. The van der Waals surface area contributed by atoms with Crippen molar-refractivity contribution in [2.75, 3.05) is 18.9 Å². The summed E-state index contributed by atoms with van der Waals surface area (Å²) in [5.74, 6) is 0.175. The molecule has 0 radical (unpaired) electrons. The number of imidazole rings is 1. The van der Waals surface area contributed by atoms with E-state index in [1.54, 1.807) is 6.92 Å². The highest BCUT2D eigenvalue weighted by molar-refractivity contribution is 5.82. The summed E-state index contributed by atoms with van der Waals surface area (Å²) in [6, 6.07) is 0.123. The first kappa shape index (κ1) is 15.5. The summed E-state index contributed by atoms with van der Waals surface area (Å²) in [6.45, 7) is 2.80. The fraction of sp³-hybridized carbons (Fsp3) is 0.643. The standard InChI is InChI=1S/C14H19N5O5/c1-6-9(20)10(21)13(23-6)19-5-16-8-11(15)17-14(18-12(8)19)24-7-2-3-22-4-7/h5-7,9-10,13,20-21H,2-4H2,1H3,(H2,15,17,18)/t6-,7?,9-,10-,13-/m1/s1. The van der Waals surface area contributed by atoms with Crippen molar-refractivity contribution in [3.8, 4) is 6.01 Å². The van der Waals surface area contributed by atoms with Crippen molar-refractivity contribution in [2.24, 2.45) is 0 Å². The van der Waals surface area contributed by atoms with E-state index in [2.05, 4.69) is 15.0 Å². The summed E-state index contributed by atoms with van der Waals surface area (Å²) in [4.78, 5) is 12.6. The minimum absolute atomic E-state index is 0.117. The van der Waals surface area contributed by atoms with Crippen molar-refractivity contribution >= 4 is 17.0 Å². The van der Waals surface area contributed by atoms with Gasteiger partial charge in [0.2, 0.25) is 0 Å². The number of aliphatic hydroxyl groups excluding tert-OH is 2. The van der Waals surface area contributed by atoms with Crippen LogP contribution in [0.15, 0.2) is 6.33 Å². The molecule has 0 amide bonds. The van der Waals surface area contributed by atoms with Crippen molar-refractivity contribution in [3.63, 3.8) is 0 Å². The van der Waals surface area contributed by atoms with Crippen molar-refractivity contribution in [1.29, 1.82) is 0 Å². The summed E-state index contributed by atoms with van der Waals surface area (Å²) in [7, 11) is 0. The number of ether oxygens (including phenoxy) is 3. The van der Waals surface area contributed by atoms with Crippen LogP contribution in [0.3, 0.4) is 0 Å². The lowest BCUT2D eigenvalue weighted by molar-refractivity contribution is -0.0300. The van der Waals surface area contributed by atoms with E-state index in [0.717, 1.165) is 6.42 Å². The van der Waals surface area contributed by atoms with Gasteiger partial charge >= 0.3 is 6.01 Å². The molecule has 2 saturated heterocycles. The molecular formula is C14H19N5O5. The highest BCUT2D eigenvalue weighted by atomic mass is 16.6. The van der Waals surface area contributed by atoms with Crippen LogP contribution in [-0.4, -0.2) is 67.4 Å². The molecule has 0 aromatic carbocycles. The normalized spacial score (nSPS) is 33.4. The Kier molecular flexibility index (Phi) is 3.76. The van der Waals surface area contributed by atoms with Crippen LogP contribution in [0.25, 0.3) is 11.2 Å². The summed E-state index contributed by atoms with van der Waals surface area (Å²) in [5.41, 5.74) is 6.70. The number of rotatable bonds is 3. The van der Waals surface area contributed by atoms with Gasteiger partial charge in [-0.1, -0.05) is 0 Å². The fourth-order valence-electron chi connectivity index (χ4n) is 2.97. The van der Waals surface area contributed by atoms with E-state index in [9.17, 15) is 10.2 Å². The lowest BCUT2D eigenvalue weighted by atomic mass is 10.1. The molecule has 2 aliphatic rings. The predicted molar refractivity (Wildman–Crippen MR) is 81.2 cm³/mol. The first-order valence-electron chi connectivity index (χ1n) is 7.80. The maximum absolute atomic E-state index is 10.2. The minimum Gasteiger partial charge on any atom is -0.457 e. The quantitative estimate of drug-likeness (QED) is 0.658. The highest BCUT2D eigenvalue weighted by Gasteiger charge is 2.42. The zero-order valence-corrected chi connectivity index (χ0v) is 13.1. The summed E-state index contributed by atoms with van der Waals surface area (Å²) < 4.78 is 18.1. The molecule has 0 saturated carbocycles. The van der Waals surface area contributed by atoms with Crippen LogP contribution in [0.2, 0.25) is 0 Å². The van der Waals surface area contributed by atoms with E-state index in [1.165, 1.54) is 10.9 Å². The Balaban J connectivity index is 1.70. The summed E-state index contributed by atoms with van der Waals surface area (Å²) in [5, 5.41) is 20.1. The Morgan fingerprint density at radius 2 is 2.17 bits per heavy atom. The second kappa shape index (κ2) is 5.81. The topological polar surface area (TPSA) is 138 Å². The molecular weight excluding hydrogens is 318 g/mol. The molecule has 10 nitrogen and oxygen atoms in total. The summed E-state index contributed by atoms with van der Waals surface area (Å²) >= 11 is 0. The Morgan fingerprint density at radius 1 is 1.33 bits per heavy atom. The molecule has 24 heavy (non-hydrogen) atoms. The van der Waals surface area contributed by atoms with Crippen molar-refractivity contribution < 1.29 is 24.4 Å². The number of anilines is 1. The number of nitrogen functional groups attached to an aromatic ring is 1. The molecule has 4 rings (SSSR count). The van der Waals surface area contributed by atoms with Gasteiger partial charge in [0.15, 0.2) is 23.2 Å². The van der Waals surface area contributed by atoms with Crippen LogP contribution < -0.4 is 10.5 Å². The Hall–Kier alpha value is -2.01. The molecule has 2 aliphatic heterocycles. The predicted octanol–water partition coefficient (Wildman–Crippen LogP) is -0.785. The van der Waals surface area contributed by atoms with Crippen LogP contribution in [0, 0.1) is 0 Å². The van der Waals surface area contributed by atoms with Gasteiger partial charge in [-0.3, -0.25) is 4.57 Å². The molecule has 130 valence electrons. The molecule has 2 fully saturated rings. The van der Waals surface area contributed by atoms with Gasteiger partial charge in [-0.15, -0.1) is 0 Å². The van der Waals surface area contributed by atoms with E-state index in [1.807, 2.05) is 0 Å². The van der Waals surface area contributed by atoms with Crippen molar-refractivity contribution in [1.82, 2.24) is 19.5 Å². The third-order valence-electron chi connectivity index (χ3n) is 4.34. The Morgan fingerprint density at radius 3 is 2.83 bits per heavy atom. The van der Waals surface area contributed by atoms with Crippen LogP contribution >= 0.6 is 0 Å².